The van der Waals surface area contributed by atoms with Crippen LogP contribution < -0.4 is 20.7 Å². The molecular formula is C19H23N5O2S. The molecule has 2 heterocycles. The number of nitriles is 1. The summed E-state index contributed by atoms with van der Waals surface area (Å²) in [7, 11) is 1.61. The minimum atomic E-state index is 0.251. The van der Waals surface area contributed by atoms with Crippen molar-refractivity contribution in [2.24, 2.45) is 0 Å². The number of hydrogen-bond acceptors (Lipinski definition) is 6. The van der Waals surface area contributed by atoms with Gasteiger partial charge in [0.25, 0.3) is 0 Å². The normalized spacial score (nSPS) is 15.9. The van der Waals surface area contributed by atoms with Gasteiger partial charge >= 0.3 is 0 Å². The van der Waals surface area contributed by atoms with Gasteiger partial charge in [-0.1, -0.05) is 0 Å². The predicted molar refractivity (Wildman–Crippen MR) is 109 cm³/mol. The zero-order valence-electron chi connectivity index (χ0n) is 15.2. The Morgan fingerprint density at radius 3 is 3.00 bits per heavy atom. The molecule has 0 amide bonds. The van der Waals surface area contributed by atoms with Crippen molar-refractivity contribution in [1.29, 1.82) is 5.26 Å². The van der Waals surface area contributed by atoms with Gasteiger partial charge in [-0.2, -0.15) is 5.26 Å². The number of hydrogen-bond donors (Lipinski definition) is 3. The van der Waals surface area contributed by atoms with Gasteiger partial charge in [-0.25, -0.2) is 4.98 Å². The standard InChI is InChI=1S/C19H23N5O2S/c1-25-15-4-5-17-13(10-15)9-14(11-20)18(24-17)21-6-7-22-19(27)23-12-16-3-2-8-26-16/h4-5,9-10,16H,2-3,6-8,12H2,1H3,(H,21,24)(H2,22,23,27)/t16-/m0/s1. The van der Waals surface area contributed by atoms with Gasteiger partial charge in [0, 0.05) is 31.6 Å². The van der Waals surface area contributed by atoms with Crippen LogP contribution in [0.15, 0.2) is 24.3 Å². The number of nitrogens with one attached hydrogen (secondary N) is 3. The lowest BCUT2D eigenvalue weighted by Crippen LogP contribution is -2.41. The molecule has 0 saturated carbocycles. The number of rotatable bonds is 7. The van der Waals surface area contributed by atoms with Crippen LogP contribution in [0.1, 0.15) is 18.4 Å². The number of methoxy groups -OCH3 is 1. The van der Waals surface area contributed by atoms with E-state index in [1.54, 1.807) is 7.11 Å². The molecule has 0 unspecified atom stereocenters. The van der Waals surface area contributed by atoms with Gasteiger partial charge in [-0.05, 0) is 49.3 Å². The fourth-order valence-corrected chi connectivity index (χ4v) is 3.12. The zero-order valence-corrected chi connectivity index (χ0v) is 16.1. The largest absolute Gasteiger partial charge is 0.497 e. The average molecular weight is 385 g/mol. The minimum absolute atomic E-state index is 0.251. The first-order chi connectivity index (χ1) is 13.2. The second-order valence-corrected chi connectivity index (χ2v) is 6.66. The summed E-state index contributed by atoms with van der Waals surface area (Å²) in [5.41, 5.74) is 1.30. The van der Waals surface area contributed by atoms with Crippen molar-refractivity contribution in [3.8, 4) is 11.8 Å². The summed E-state index contributed by atoms with van der Waals surface area (Å²) in [6.45, 7) is 2.77. The predicted octanol–water partition coefficient (Wildman–Crippen LogP) is 2.17. The molecule has 7 nitrogen and oxygen atoms in total. The van der Waals surface area contributed by atoms with Gasteiger partial charge in [0.15, 0.2) is 5.11 Å². The first-order valence-corrected chi connectivity index (χ1v) is 9.36. The van der Waals surface area contributed by atoms with Crippen LogP contribution in [-0.2, 0) is 4.74 Å². The van der Waals surface area contributed by atoms with E-state index in [2.05, 4.69) is 27.0 Å². The van der Waals surface area contributed by atoms with Gasteiger partial charge in [0.1, 0.15) is 17.6 Å². The number of aromatic nitrogens is 1. The highest BCUT2D eigenvalue weighted by molar-refractivity contribution is 7.80. The summed E-state index contributed by atoms with van der Waals surface area (Å²) in [6.07, 6.45) is 2.44. The maximum Gasteiger partial charge on any atom is 0.166 e. The topological polar surface area (TPSA) is 91.2 Å². The van der Waals surface area contributed by atoms with Crippen LogP contribution in [-0.4, -0.2) is 49.6 Å². The van der Waals surface area contributed by atoms with E-state index in [-0.39, 0.29) is 6.10 Å². The molecule has 0 bridgehead atoms. The van der Waals surface area contributed by atoms with Crippen molar-refractivity contribution >= 4 is 34.1 Å². The summed E-state index contributed by atoms with van der Waals surface area (Å²) < 4.78 is 10.8. The number of thiocarbonyl (C=S) groups is 1. The number of anilines is 1. The molecule has 1 fully saturated rings. The van der Waals surface area contributed by atoms with Crippen LogP contribution >= 0.6 is 12.2 Å². The van der Waals surface area contributed by atoms with Crippen LogP contribution in [0.2, 0.25) is 0 Å². The Kier molecular flexibility index (Phi) is 6.63. The summed E-state index contributed by atoms with van der Waals surface area (Å²) in [5.74, 6) is 1.30. The molecule has 8 heteroatoms. The monoisotopic (exact) mass is 385 g/mol. The molecule has 1 aliphatic heterocycles. The van der Waals surface area contributed by atoms with E-state index >= 15 is 0 Å². The number of ether oxygens (including phenoxy) is 2. The maximum atomic E-state index is 9.40. The average Bonchev–Trinajstić information content (AvgIpc) is 3.22. The molecule has 2 aromatic rings. The number of fused-ring (bicyclic) bond motifs is 1. The molecule has 27 heavy (non-hydrogen) atoms. The Bertz CT molecular complexity index is 846. The van der Waals surface area contributed by atoms with Gasteiger partial charge in [0.05, 0.1) is 24.3 Å². The second-order valence-electron chi connectivity index (χ2n) is 6.25. The molecule has 1 aromatic heterocycles. The van der Waals surface area contributed by atoms with Crippen molar-refractivity contribution in [2.45, 2.75) is 18.9 Å². The fraction of sp³-hybridized carbons (Fsp3) is 0.421. The molecular weight excluding hydrogens is 362 g/mol. The van der Waals surface area contributed by atoms with E-state index in [0.29, 0.717) is 29.6 Å². The zero-order chi connectivity index (χ0) is 19.1. The fourth-order valence-electron chi connectivity index (χ4n) is 2.93. The Labute approximate surface area is 164 Å². The summed E-state index contributed by atoms with van der Waals surface area (Å²) in [4.78, 5) is 4.54. The lowest BCUT2D eigenvalue weighted by molar-refractivity contribution is 0.114. The molecule has 0 aliphatic carbocycles. The van der Waals surface area contributed by atoms with Crippen LogP contribution in [0, 0.1) is 11.3 Å². The Morgan fingerprint density at radius 1 is 1.37 bits per heavy atom. The molecule has 1 aromatic carbocycles. The molecule has 3 N–H and O–H groups in total. The highest BCUT2D eigenvalue weighted by Crippen LogP contribution is 2.23. The van der Waals surface area contributed by atoms with E-state index in [4.69, 9.17) is 21.7 Å². The molecule has 1 aliphatic rings. The third-order valence-corrected chi connectivity index (χ3v) is 4.65. The van der Waals surface area contributed by atoms with Crippen molar-refractivity contribution < 1.29 is 9.47 Å². The molecule has 3 rings (SSSR count). The van der Waals surface area contributed by atoms with E-state index in [9.17, 15) is 5.26 Å². The second kappa shape index (κ2) is 9.35. The number of benzene rings is 1. The minimum Gasteiger partial charge on any atom is -0.497 e. The van der Waals surface area contributed by atoms with Crippen molar-refractivity contribution in [3.63, 3.8) is 0 Å². The van der Waals surface area contributed by atoms with E-state index < -0.39 is 0 Å². The number of nitrogens with zero attached hydrogens (tertiary/aromatic N) is 2. The first kappa shape index (κ1) is 19.1. The Hall–Kier alpha value is -2.63. The first-order valence-electron chi connectivity index (χ1n) is 8.95. The van der Waals surface area contributed by atoms with Crippen molar-refractivity contribution in [1.82, 2.24) is 15.6 Å². The molecule has 0 radical (unpaired) electrons. The summed E-state index contributed by atoms with van der Waals surface area (Å²) in [5, 5.41) is 20.4. The van der Waals surface area contributed by atoms with Gasteiger partial charge in [-0.3, -0.25) is 0 Å². The lowest BCUT2D eigenvalue weighted by atomic mass is 10.1. The third-order valence-electron chi connectivity index (χ3n) is 4.36. The highest BCUT2D eigenvalue weighted by atomic mass is 32.1. The van der Waals surface area contributed by atoms with Crippen LogP contribution in [0.5, 0.6) is 5.75 Å². The van der Waals surface area contributed by atoms with E-state index in [1.807, 2.05) is 24.3 Å². The molecule has 0 spiro atoms. The number of pyridine rings is 1. The molecule has 1 atom stereocenters. The van der Waals surface area contributed by atoms with Gasteiger partial charge < -0.3 is 25.4 Å². The van der Waals surface area contributed by atoms with Crippen molar-refractivity contribution in [3.05, 3.63) is 29.8 Å². The Balaban J connectivity index is 1.50. The quantitative estimate of drug-likeness (QED) is 0.493. The highest BCUT2D eigenvalue weighted by Gasteiger charge is 2.15. The van der Waals surface area contributed by atoms with Gasteiger partial charge in [0.2, 0.25) is 0 Å². The van der Waals surface area contributed by atoms with Gasteiger partial charge in [-0.15, -0.1) is 0 Å². The molecule has 1 saturated heterocycles. The van der Waals surface area contributed by atoms with Crippen molar-refractivity contribution in [2.75, 3.05) is 38.7 Å². The smallest absolute Gasteiger partial charge is 0.166 e. The van der Waals surface area contributed by atoms with Crippen LogP contribution in [0.3, 0.4) is 0 Å². The summed E-state index contributed by atoms with van der Waals surface area (Å²) >= 11 is 5.27. The van der Waals surface area contributed by atoms with E-state index in [0.717, 1.165) is 42.6 Å². The molecule has 142 valence electrons. The third kappa shape index (κ3) is 5.18. The van der Waals surface area contributed by atoms with E-state index in [1.165, 1.54) is 0 Å². The van der Waals surface area contributed by atoms with Crippen LogP contribution in [0.25, 0.3) is 10.9 Å². The SMILES string of the molecule is COc1ccc2nc(NCCNC(=S)NC[C@@H]3CCCO3)c(C#N)cc2c1. The summed E-state index contributed by atoms with van der Waals surface area (Å²) in [6, 6.07) is 9.60. The van der Waals surface area contributed by atoms with Crippen LogP contribution in [0.4, 0.5) is 5.82 Å². The Morgan fingerprint density at radius 2 is 2.26 bits per heavy atom. The maximum absolute atomic E-state index is 9.40. The lowest BCUT2D eigenvalue weighted by Gasteiger charge is -2.14.